The van der Waals surface area contributed by atoms with Crippen LogP contribution in [-0.2, 0) is 0 Å². The lowest BCUT2D eigenvalue weighted by molar-refractivity contribution is -0.0922. The fraction of sp³-hybridized carbons (Fsp3) is 0.500. The van der Waals surface area contributed by atoms with Gasteiger partial charge in [-0.2, -0.15) is 0 Å². The Morgan fingerprint density at radius 3 is 2.67 bits per heavy atom. The molecule has 1 aromatic carbocycles. The van der Waals surface area contributed by atoms with Crippen LogP contribution in [0.1, 0.15) is 44.6 Å². The molecule has 7 atom stereocenters. The predicted molar refractivity (Wildman–Crippen MR) is 140 cm³/mol. The third-order valence-electron chi connectivity index (χ3n) is 9.58. The highest BCUT2D eigenvalue weighted by atomic mass is 16.3. The van der Waals surface area contributed by atoms with E-state index in [-0.39, 0.29) is 17.4 Å². The molecule has 1 heterocycles. The van der Waals surface area contributed by atoms with Gasteiger partial charge in [0.2, 0.25) is 0 Å². The number of rotatable bonds is 2. The van der Waals surface area contributed by atoms with E-state index < -0.39 is 23.9 Å². The van der Waals surface area contributed by atoms with Crippen molar-refractivity contribution in [1.29, 1.82) is 0 Å². The molecule has 190 valence electrons. The molecule has 1 aromatic heterocycles. The summed E-state index contributed by atoms with van der Waals surface area (Å²) >= 11 is 0. The third kappa shape index (κ3) is 3.39. The first kappa shape index (κ1) is 24.0. The van der Waals surface area contributed by atoms with Crippen molar-refractivity contribution in [2.75, 3.05) is 14.1 Å². The first-order valence-corrected chi connectivity index (χ1v) is 13.1. The van der Waals surface area contributed by atoms with E-state index in [1.807, 2.05) is 37.5 Å². The van der Waals surface area contributed by atoms with Crippen LogP contribution in [0.15, 0.2) is 65.5 Å². The quantitative estimate of drug-likeness (QED) is 0.518. The molecule has 6 nitrogen and oxygen atoms in total. The number of allylic oxidation sites excluding steroid dienone is 3. The van der Waals surface area contributed by atoms with Crippen molar-refractivity contribution in [1.82, 2.24) is 9.88 Å². The van der Waals surface area contributed by atoms with Gasteiger partial charge in [0.1, 0.15) is 6.10 Å². The van der Waals surface area contributed by atoms with Crippen molar-refractivity contribution in [2.24, 2.45) is 11.3 Å². The lowest BCUT2D eigenvalue weighted by Crippen LogP contribution is -2.58. The van der Waals surface area contributed by atoms with E-state index in [1.165, 1.54) is 22.1 Å². The Morgan fingerprint density at radius 2 is 1.89 bits per heavy atom. The summed E-state index contributed by atoms with van der Waals surface area (Å²) in [5.74, 6) is 0.218. The van der Waals surface area contributed by atoms with Crippen LogP contribution >= 0.6 is 0 Å². The molecule has 1 saturated carbocycles. The molecule has 0 radical (unpaired) electrons. The zero-order chi connectivity index (χ0) is 25.4. The lowest BCUT2D eigenvalue weighted by atomic mass is 9.61. The van der Waals surface area contributed by atoms with Gasteiger partial charge in [-0.25, -0.2) is 0 Å². The Morgan fingerprint density at radius 1 is 1.08 bits per heavy atom. The van der Waals surface area contributed by atoms with Crippen LogP contribution in [0.2, 0.25) is 0 Å². The Bertz CT molecular complexity index is 1310. The van der Waals surface area contributed by atoms with Gasteiger partial charge >= 0.3 is 0 Å². The highest BCUT2D eigenvalue weighted by Gasteiger charge is 2.53. The van der Waals surface area contributed by atoms with Crippen molar-refractivity contribution < 1.29 is 20.4 Å². The SMILES string of the molecule is CN(C)C1CC2(O)CCC3=C(C=C2C(O)C1O)C(O)CC1(C)C(c2cccc4cnccc24)=CCC31. The number of likely N-dealkylation sites (N-methyl/N-ethyl adjacent to an activating group) is 1. The van der Waals surface area contributed by atoms with Gasteiger partial charge in [0.25, 0.3) is 0 Å². The standard InChI is InChI=1S/C30H36N2O4/c1-29-15-26(33)21-13-24-27(34)28(35)25(32(2)3)14-30(24,36)11-9-20(21)23(29)8-7-22(29)19-6-4-5-17-16-31-12-10-18(17)19/h4-7,10,12-13,16,23,25-28,33-36H,8-9,11,14-15H2,1-3H3. The number of aliphatic hydroxyl groups excluding tert-OH is 3. The van der Waals surface area contributed by atoms with E-state index in [4.69, 9.17) is 0 Å². The second-order valence-electron chi connectivity index (χ2n) is 11.7. The third-order valence-corrected chi connectivity index (χ3v) is 9.58. The maximum absolute atomic E-state index is 11.8. The molecule has 4 aliphatic carbocycles. The average molecular weight is 489 g/mol. The summed E-state index contributed by atoms with van der Waals surface area (Å²) in [6, 6.07) is 8.05. The molecule has 0 bridgehead atoms. The molecule has 7 unspecified atom stereocenters. The number of fused-ring (bicyclic) bond motifs is 4. The van der Waals surface area contributed by atoms with Gasteiger partial charge < -0.3 is 25.3 Å². The smallest absolute Gasteiger partial charge is 0.105 e. The van der Waals surface area contributed by atoms with Gasteiger partial charge in [0.05, 0.1) is 17.8 Å². The Kier molecular flexibility index (Phi) is 5.56. The summed E-state index contributed by atoms with van der Waals surface area (Å²) in [5, 5.41) is 47.4. The number of hydrogen-bond donors (Lipinski definition) is 4. The largest absolute Gasteiger partial charge is 0.388 e. The van der Waals surface area contributed by atoms with Crippen molar-refractivity contribution in [2.45, 2.75) is 69.0 Å². The molecule has 0 saturated heterocycles. The van der Waals surface area contributed by atoms with E-state index in [0.29, 0.717) is 31.3 Å². The minimum absolute atomic E-state index is 0.218. The molecule has 6 heteroatoms. The molecule has 2 aromatic rings. The summed E-state index contributed by atoms with van der Waals surface area (Å²) in [5.41, 5.74) is 3.48. The number of aliphatic hydroxyl groups is 4. The first-order chi connectivity index (χ1) is 17.1. The van der Waals surface area contributed by atoms with E-state index in [2.05, 4.69) is 42.2 Å². The van der Waals surface area contributed by atoms with Gasteiger partial charge in [-0.1, -0.05) is 42.8 Å². The van der Waals surface area contributed by atoms with Crippen molar-refractivity contribution in [3.05, 3.63) is 71.1 Å². The monoisotopic (exact) mass is 488 g/mol. The number of aromatic nitrogens is 1. The molecule has 0 spiro atoms. The van der Waals surface area contributed by atoms with Gasteiger partial charge in [0, 0.05) is 29.2 Å². The Balaban J connectivity index is 1.40. The normalized spacial score (nSPS) is 38.3. The highest BCUT2D eigenvalue weighted by Crippen LogP contribution is 2.60. The van der Waals surface area contributed by atoms with Crippen LogP contribution in [-0.4, -0.2) is 74.4 Å². The van der Waals surface area contributed by atoms with Crippen LogP contribution in [0.5, 0.6) is 0 Å². The van der Waals surface area contributed by atoms with Crippen LogP contribution in [0.4, 0.5) is 0 Å². The van der Waals surface area contributed by atoms with Crippen LogP contribution < -0.4 is 0 Å². The Hall–Kier alpha value is -2.35. The molecular weight excluding hydrogens is 452 g/mol. The minimum Gasteiger partial charge on any atom is -0.388 e. The average Bonchev–Trinajstić information content (AvgIpc) is 3.09. The van der Waals surface area contributed by atoms with Crippen molar-refractivity contribution in [3.8, 4) is 0 Å². The second kappa shape index (κ2) is 8.33. The predicted octanol–water partition coefficient (Wildman–Crippen LogP) is 3.21. The minimum atomic E-state index is -1.21. The molecule has 1 fully saturated rings. The zero-order valence-corrected chi connectivity index (χ0v) is 21.2. The summed E-state index contributed by atoms with van der Waals surface area (Å²) in [6.45, 7) is 2.27. The molecule has 4 N–H and O–H groups in total. The first-order valence-electron chi connectivity index (χ1n) is 13.1. The fourth-order valence-corrected chi connectivity index (χ4v) is 7.62. The summed E-state index contributed by atoms with van der Waals surface area (Å²) in [6.07, 6.45) is 7.98. The van der Waals surface area contributed by atoms with E-state index >= 15 is 0 Å². The van der Waals surface area contributed by atoms with Gasteiger partial charge in [-0.3, -0.25) is 4.98 Å². The van der Waals surface area contributed by atoms with Gasteiger partial charge in [-0.05, 0) is 85.9 Å². The molecule has 6 rings (SSSR count). The summed E-state index contributed by atoms with van der Waals surface area (Å²) in [7, 11) is 3.73. The Labute approximate surface area is 212 Å². The number of hydrogen-bond acceptors (Lipinski definition) is 6. The topological polar surface area (TPSA) is 97.1 Å². The fourth-order valence-electron chi connectivity index (χ4n) is 7.62. The maximum Gasteiger partial charge on any atom is 0.105 e. The summed E-state index contributed by atoms with van der Waals surface area (Å²) in [4.78, 5) is 6.16. The highest BCUT2D eigenvalue weighted by molar-refractivity contribution is 5.95. The van der Waals surface area contributed by atoms with E-state index in [9.17, 15) is 20.4 Å². The maximum atomic E-state index is 11.8. The number of pyridine rings is 1. The van der Waals surface area contributed by atoms with Crippen molar-refractivity contribution >= 4 is 16.3 Å². The molecule has 0 aliphatic heterocycles. The van der Waals surface area contributed by atoms with E-state index in [0.717, 1.165) is 17.4 Å². The van der Waals surface area contributed by atoms with E-state index in [1.54, 1.807) is 0 Å². The van der Waals surface area contributed by atoms with Crippen LogP contribution in [0, 0.1) is 11.3 Å². The number of nitrogens with zero attached hydrogens (tertiary/aromatic N) is 2. The van der Waals surface area contributed by atoms with Crippen molar-refractivity contribution in [3.63, 3.8) is 0 Å². The second-order valence-corrected chi connectivity index (χ2v) is 11.7. The van der Waals surface area contributed by atoms with Gasteiger partial charge in [-0.15, -0.1) is 0 Å². The number of benzene rings is 1. The molecule has 0 amide bonds. The lowest BCUT2D eigenvalue weighted by Gasteiger charge is -2.46. The van der Waals surface area contributed by atoms with Crippen LogP contribution in [0.25, 0.3) is 16.3 Å². The summed E-state index contributed by atoms with van der Waals surface area (Å²) < 4.78 is 0. The van der Waals surface area contributed by atoms with Gasteiger partial charge in [0.15, 0.2) is 0 Å². The van der Waals surface area contributed by atoms with Crippen LogP contribution in [0.3, 0.4) is 0 Å². The zero-order valence-electron chi connectivity index (χ0n) is 21.2. The molecular formula is C30H36N2O4. The molecule has 36 heavy (non-hydrogen) atoms. The molecule has 4 aliphatic rings.